The van der Waals surface area contributed by atoms with Gasteiger partial charge in [-0.15, -0.1) is 11.3 Å². The zero-order chi connectivity index (χ0) is 19.5. The summed E-state index contributed by atoms with van der Waals surface area (Å²) in [6.07, 6.45) is 1.85. The molecule has 3 aromatic heterocycles. The molecule has 0 saturated heterocycles. The van der Waals surface area contributed by atoms with Crippen LogP contribution in [0.2, 0.25) is 0 Å². The van der Waals surface area contributed by atoms with Gasteiger partial charge in [0.15, 0.2) is 0 Å². The summed E-state index contributed by atoms with van der Waals surface area (Å²) in [5.41, 5.74) is 5.59. The fourth-order valence-electron chi connectivity index (χ4n) is 4.00. The second-order valence-electron chi connectivity index (χ2n) is 8.43. The molecule has 2 aromatic carbocycles. The van der Waals surface area contributed by atoms with Gasteiger partial charge in [0, 0.05) is 22.0 Å². The Morgan fingerprint density at radius 3 is 2.54 bits per heavy atom. The van der Waals surface area contributed by atoms with Gasteiger partial charge in [0.2, 0.25) is 0 Å². The molecule has 0 bridgehead atoms. The molecule has 2 nitrogen and oxygen atoms in total. The third-order valence-corrected chi connectivity index (χ3v) is 6.34. The topological polar surface area (TPSA) is 25.8 Å². The number of benzene rings is 2. The van der Waals surface area contributed by atoms with E-state index in [0.29, 0.717) is 0 Å². The highest BCUT2D eigenvalue weighted by atomic mass is 32.1. The average Bonchev–Trinajstić information content (AvgIpc) is 3.07. The fourth-order valence-corrected chi connectivity index (χ4v) is 5.02. The van der Waals surface area contributed by atoms with E-state index in [4.69, 9.17) is 4.98 Å². The third-order valence-electron chi connectivity index (χ3n) is 5.29. The van der Waals surface area contributed by atoms with Crippen LogP contribution in [0.5, 0.6) is 0 Å². The second kappa shape index (κ2) is 6.11. The number of thiophene rings is 1. The standard InChI is InChI=1S/C25H22N2S/c1-15-12-19-23-21(10-7-11-26-23)27-22(24(19)28-15)17-13-16-8-5-6-9-18(16)20(14-17)25(2,3)4/h5-14H,1-4H3. The van der Waals surface area contributed by atoms with Crippen molar-refractivity contribution in [3.05, 3.63) is 71.2 Å². The molecule has 3 heteroatoms. The summed E-state index contributed by atoms with van der Waals surface area (Å²) in [7, 11) is 0. The first-order valence-corrected chi connectivity index (χ1v) is 10.4. The van der Waals surface area contributed by atoms with Gasteiger partial charge in [-0.25, -0.2) is 4.98 Å². The molecule has 0 unspecified atom stereocenters. The van der Waals surface area contributed by atoms with Gasteiger partial charge in [0.05, 0.1) is 21.4 Å². The first-order chi connectivity index (χ1) is 13.4. The molecule has 0 aliphatic heterocycles. The maximum atomic E-state index is 5.06. The Morgan fingerprint density at radius 2 is 1.71 bits per heavy atom. The van der Waals surface area contributed by atoms with Crippen LogP contribution in [0.15, 0.2) is 60.8 Å². The number of hydrogen-bond donors (Lipinski definition) is 0. The maximum Gasteiger partial charge on any atom is 0.0974 e. The summed E-state index contributed by atoms with van der Waals surface area (Å²) in [5.74, 6) is 0. The van der Waals surface area contributed by atoms with E-state index in [0.717, 1.165) is 16.7 Å². The van der Waals surface area contributed by atoms with Crippen molar-refractivity contribution in [1.82, 2.24) is 9.97 Å². The molecule has 0 spiro atoms. The lowest BCUT2D eigenvalue weighted by Crippen LogP contribution is -2.12. The molecule has 0 radical (unpaired) electrons. The smallest absolute Gasteiger partial charge is 0.0974 e. The van der Waals surface area contributed by atoms with E-state index in [9.17, 15) is 0 Å². The number of rotatable bonds is 1. The minimum absolute atomic E-state index is 0.0541. The van der Waals surface area contributed by atoms with Crippen molar-refractivity contribution in [1.29, 1.82) is 0 Å². The van der Waals surface area contributed by atoms with Crippen molar-refractivity contribution in [2.75, 3.05) is 0 Å². The van der Waals surface area contributed by atoms with E-state index in [1.165, 1.54) is 36.9 Å². The summed E-state index contributed by atoms with van der Waals surface area (Å²) >= 11 is 1.80. The normalized spacial score (nSPS) is 12.3. The van der Waals surface area contributed by atoms with Gasteiger partial charge < -0.3 is 0 Å². The summed E-state index contributed by atoms with van der Waals surface area (Å²) in [4.78, 5) is 11.0. The lowest BCUT2D eigenvalue weighted by molar-refractivity contribution is 0.596. The monoisotopic (exact) mass is 382 g/mol. The predicted molar refractivity (Wildman–Crippen MR) is 121 cm³/mol. The van der Waals surface area contributed by atoms with Gasteiger partial charge in [0.1, 0.15) is 0 Å². The molecule has 0 N–H and O–H groups in total. The number of pyridine rings is 2. The molecule has 0 amide bonds. The Labute approximate surface area is 168 Å². The molecule has 28 heavy (non-hydrogen) atoms. The first-order valence-electron chi connectivity index (χ1n) is 9.60. The average molecular weight is 383 g/mol. The van der Waals surface area contributed by atoms with Crippen molar-refractivity contribution in [3.63, 3.8) is 0 Å². The largest absolute Gasteiger partial charge is 0.254 e. The number of aryl methyl sites for hydroxylation is 1. The van der Waals surface area contributed by atoms with Crippen LogP contribution in [0, 0.1) is 6.92 Å². The van der Waals surface area contributed by atoms with E-state index >= 15 is 0 Å². The van der Waals surface area contributed by atoms with Crippen LogP contribution in [-0.2, 0) is 5.41 Å². The molecule has 138 valence electrons. The number of fused-ring (bicyclic) bond motifs is 4. The van der Waals surface area contributed by atoms with Gasteiger partial charge >= 0.3 is 0 Å². The minimum Gasteiger partial charge on any atom is -0.254 e. The van der Waals surface area contributed by atoms with Gasteiger partial charge in [-0.05, 0) is 59.0 Å². The van der Waals surface area contributed by atoms with Crippen LogP contribution in [-0.4, -0.2) is 9.97 Å². The van der Waals surface area contributed by atoms with Crippen LogP contribution in [0.1, 0.15) is 31.2 Å². The summed E-state index contributed by atoms with van der Waals surface area (Å²) in [6.45, 7) is 8.99. The third kappa shape index (κ3) is 2.70. The molecule has 3 heterocycles. The molecule has 0 atom stereocenters. The lowest BCUT2D eigenvalue weighted by atomic mass is 9.82. The van der Waals surface area contributed by atoms with E-state index in [1.54, 1.807) is 11.3 Å². The van der Waals surface area contributed by atoms with Gasteiger partial charge in [-0.2, -0.15) is 0 Å². The van der Waals surface area contributed by atoms with Crippen molar-refractivity contribution in [2.24, 2.45) is 0 Å². The maximum absolute atomic E-state index is 5.06. The molecule has 5 aromatic rings. The first kappa shape index (κ1) is 17.3. The Morgan fingerprint density at radius 1 is 0.893 bits per heavy atom. The van der Waals surface area contributed by atoms with Gasteiger partial charge in [-0.1, -0.05) is 45.0 Å². The number of nitrogens with zero attached hydrogens (tertiary/aromatic N) is 2. The van der Waals surface area contributed by atoms with E-state index in [-0.39, 0.29) is 5.41 Å². The van der Waals surface area contributed by atoms with Crippen LogP contribution in [0.25, 0.3) is 43.1 Å². The SMILES string of the molecule is Cc1cc2c(s1)c(-c1cc(C(C)(C)C)c3ccccc3c1)nc1cccnc12. The molecule has 0 saturated carbocycles. The van der Waals surface area contributed by atoms with Crippen LogP contribution in [0.4, 0.5) is 0 Å². The lowest BCUT2D eigenvalue weighted by Gasteiger charge is -2.23. The Hall–Kier alpha value is -2.78. The van der Waals surface area contributed by atoms with Gasteiger partial charge in [0.25, 0.3) is 0 Å². The second-order valence-corrected chi connectivity index (χ2v) is 9.68. The van der Waals surface area contributed by atoms with Crippen LogP contribution in [0.3, 0.4) is 0 Å². The van der Waals surface area contributed by atoms with Crippen molar-refractivity contribution < 1.29 is 0 Å². The Balaban J connectivity index is 1.91. The number of hydrogen-bond acceptors (Lipinski definition) is 3. The molecule has 0 aliphatic rings. The Kier molecular flexibility index (Phi) is 3.78. The minimum atomic E-state index is 0.0541. The van der Waals surface area contributed by atoms with Crippen molar-refractivity contribution in [2.45, 2.75) is 33.1 Å². The zero-order valence-corrected chi connectivity index (χ0v) is 17.4. The highest BCUT2D eigenvalue weighted by Gasteiger charge is 2.20. The molecule has 5 rings (SSSR count). The van der Waals surface area contributed by atoms with Gasteiger partial charge in [-0.3, -0.25) is 4.98 Å². The molecule has 0 aliphatic carbocycles. The Bertz CT molecular complexity index is 1360. The predicted octanol–water partition coefficient (Wildman–Crippen LogP) is 7.27. The zero-order valence-electron chi connectivity index (χ0n) is 16.6. The fraction of sp³-hybridized carbons (Fsp3) is 0.200. The summed E-state index contributed by atoms with van der Waals surface area (Å²) in [5, 5.41) is 3.79. The van der Waals surface area contributed by atoms with E-state index in [1.807, 2.05) is 12.3 Å². The molecular formula is C25H22N2S. The molecular weight excluding hydrogens is 360 g/mol. The highest BCUT2D eigenvalue weighted by molar-refractivity contribution is 7.19. The number of aromatic nitrogens is 2. The van der Waals surface area contributed by atoms with Crippen molar-refractivity contribution in [3.8, 4) is 11.3 Å². The highest BCUT2D eigenvalue weighted by Crippen LogP contribution is 2.40. The van der Waals surface area contributed by atoms with Crippen molar-refractivity contribution >= 4 is 43.2 Å². The van der Waals surface area contributed by atoms with Crippen LogP contribution >= 0.6 is 11.3 Å². The van der Waals surface area contributed by atoms with E-state index < -0.39 is 0 Å². The quantitative estimate of drug-likeness (QED) is 0.305. The van der Waals surface area contributed by atoms with E-state index in [2.05, 4.69) is 81.2 Å². The summed E-state index contributed by atoms with van der Waals surface area (Å²) < 4.78 is 1.22. The molecule has 0 fully saturated rings. The summed E-state index contributed by atoms with van der Waals surface area (Å²) in [6, 6.07) is 19.5. The van der Waals surface area contributed by atoms with Crippen LogP contribution < -0.4 is 0 Å².